The Labute approximate surface area is 117 Å². The van der Waals surface area contributed by atoms with E-state index in [1.54, 1.807) is 7.11 Å². The maximum Gasteiger partial charge on any atom is 0.150 e. The Morgan fingerprint density at radius 3 is 2.63 bits per heavy atom. The quantitative estimate of drug-likeness (QED) is 0.655. The van der Waals surface area contributed by atoms with E-state index in [0.29, 0.717) is 29.4 Å². The SMILES string of the molecule is COCCCCC(CNC1CC1)C1CCS(=O)(=O)C1. The monoisotopic (exact) mass is 289 g/mol. The van der Waals surface area contributed by atoms with Gasteiger partial charge in [-0.3, -0.25) is 0 Å². The van der Waals surface area contributed by atoms with Gasteiger partial charge in [-0.05, 0) is 50.5 Å². The number of hydrogen-bond acceptors (Lipinski definition) is 4. The molecule has 2 rings (SSSR count). The van der Waals surface area contributed by atoms with Crippen molar-refractivity contribution < 1.29 is 13.2 Å². The van der Waals surface area contributed by atoms with Crippen LogP contribution in [0.3, 0.4) is 0 Å². The van der Waals surface area contributed by atoms with Gasteiger partial charge in [-0.15, -0.1) is 0 Å². The van der Waals surface area contributed by atoms with Crippen LogP contribution in [0.1, 0.15) is 38.5 Å². The van der Waals surface area contributed by atoms with E-state index < -0.39 is 9.84 Å². The number of nitrogens with one attached hydrogen (secondary N) is 1. The molecule has 2 aliphatic rings. The molecule has 0 aromatic heterocycles. The van der Waals surface area contributed by atoms with Crippen molar-refractivity contribution >= 4 is 9.84 Å². The van der Waals surface area contributed by atoms with Crippen LogP contribution < -0.4 is 5.32 Å². The first-order chi connectivity index (χ1) is 9.11. The molecule has 2 fully saturated rings. The zero-order chi connectivity index (χ0) is 13.7. The van der Waals surface area contributed by atoms with Gasteiger partial charge < -0.3 is 10.1 Å². The van der Waals surface area contributed by atoms with Crippen LogP contribution >= 0.6 is 0 Å². The molecule has 1 saturated carbocycles. The van der Waals surface area contributed by atoms with Crippen LogP contribution in [0.15, 0.2) is 0 Å². The van der Waals surface area contributed by atoms with Crippen molar-refractivity contribution in [3.63, 3.8) is 0 Å². The predicted octanol–water partition coefficient (Wildman–Crippen LogP) is 1.61. The molecule has 5 heteroatoms. The van der Waals surface area contributed by atoms with E-state index in [-0.39, 0.29) is 0 Å². The first-order valence-electron chi connectivity index (χ1n) is 7.53. The molecule has 0 aromatic rings. The van der Waals surface area contributed by atoms with Gasteiger partial charge >= 0.3 is 0 Å². The number of ether oxygens (including phenoxy) is 1. The third kappa shape index (κ3) is 5.40. The Kier molecular flexibility index (Phi) is 5.66. The van der Waals surface area contributed by atoms with E-state index >= 15 is 0 Å². The maximum absolute atomic E-state index is 11.6. The van der Waals surface area contributed by atoms with Gasteiger partial charge in [0.15, 0.2) is 9.84 Å². The largest absolute Gasteiger partial charge is 0.385 e. The lowest BCUT2D eigenvalue weighted by molar-refractivity contribution is 0.187. The van der Waals surface area contributed by atoms with Gasteiger partial charge in [0.05, 0.1) is 11.5 Å². The first kappa shape index (κ1) is 15.3. The molecule has 1 aliphatic heterocycles. The average Bonchev–Trinajstić information content (AvgIpc) is 3.12. The van der Waals surface area contributed by atoms with Gasteiger partial charge in [-0.2, -0.15) is 0 Å². The van der Waals surface area contributed by atoms with Crippen molar-refractivity contribution in [3.05, 3.63) is 0 Å². The van der Waals surface area contributed by atoms with Crippen molar-refractivity contribution in [2.24, 2.45) is 11.8 Å². The van der Waals surface area contributed by atoms with Crippen LogP contribution in [0.2, 0.25) is 0 Å². The van der Waals surface area contributed by atoms with Crippen molar-refractivity contribution in [2.45, 2.75) is 44.6 Å². The standard InChI is InChI=1S/C14H27NO3S/c1-18-8-3-2-4-12(10-15-14-5-6-14)13-7-9-19(16,17)11-13/h12-15H,2-11H2,1H3. The van der Waals surface area contributed by atoms with Crippen molar-refractivity contribution in [1.82, 2.24) is 5.32 Å². The van der Waals surface area contributed by atoms with Crippen LogP contribution in [0.4, 0.5) is 0 Å². The average molecular weight is 289 g/mol. The summed E-state index contributed by atoms with van der Waals surface area (Å²) in [6.07, 6.45) is 6.79. The van der Waals surface area contributed by atoms with Crippen LogP contribution in [0.25, 0.3) is 0 Å². The molecule has 2 unspecified atom stereocenters. The Morgan fingerprint density at radius 2 is 2.05 bits per heavy atom. The number of hydrogen-bond donors (Lipinski definition) is 1. The van der Waals surface area contributed by atoms with Gasteiger partial charge in [0, 0.05) is 19.8 Å². The van der Waals surface area contributed by atoms with Gasteiger partial charge in [0.25, 0.3) is 0 Å². The minimum absolute atomic E-state index is 0.374. The van der Waals surface area contributed by atoms with Gasteiger partial charge in [0.2, 0.25) is 0 Å². The minimum Gasteiger partial charge on any atom is -0.385 e. The van der Waals surface area contributed by atoms with E-state index in [4.69, 9.17) is 4.74 Å². The summed E-state index contributed by atoms with van der Waals surface area (Å²) in [5, 5.41) is 3.58. The van der Waals surface area contributed by atoms with Crippen molar-refractivity contribution in [3.8, 4) is 0 Å². The second-order valence-corrected chi connectivity index (χ2v) is 8.32. The maximum atomic E-state index is 11.6. The van der Waals surface area contributed by atoms with Gasteiger partial charge in [-0.1, -0.05) is 6.42 Å². The molecule has 0 spiro atoms. The highest BCUT2D eigenvalue weighted by Crippen LogP contribution is 2.30. The molecule has 4 nitrogen and oxygen atoms in total. The molecule has 1 saturated heterocycles. The fourth-order valence-electron chi connectivity index (χ4n) is 2.96. The molecule has 0 aromatic carbocycles. The zero-order valence-corrected chi connectivity index (χ0v) is 12.8. The molecule has 1 heterocycles. The van der Waals surface area contributed by atoms with Crippen molar-refractivity contribution in [2.75, 3.05) is 31.8 Å². The third-order valence-corrected chi connectivity index (χ3v) is 6.15. The fraction of sp³-hybridized carbons (Fsp3) is 1.00. The Hall–Kier alpha value is -0.130. The van der Waals surface area contributed by atoms with E-state index in [0.717, 1.165) is 38.8 Å². The highest BCUT2D eigenvalue weighted by atomic mass is 32.2. The highest BCUT2D eigenvalue weighted by Gasteiger charge is 2.34. The van der Waals surface area contributed by atoms with Gasteiger partial charge in [-0.25, -0.2) is 8.42 Å². The summed E-state index contributed by atoms with van der Waals surface area (Å²) < 4.78 is 28.3. The van der Waals surface area contributed by atoms with Gasteiger partial charge in [0.1, 0.15) is 0 Å². The topological polar surface area (TPSA) is 55.4 Å². The van der Waals surface area contributed by atoms with Crippen LogP contribution in [-0.2, 0) is 14.6 Å². The number of unbranched alkanes of at least 4 members (excludes halogenated alkanes) is 1. The second-order valence-electron chi connectivity index (χ2n) is 6.09. The highest BCUT2D eigenvalue weighted by molar-refractivity contribution is 7.91. The van der Waals surface area contributed by atoms with Crippen LogP contribution in [0.5, 0.6) is 0 Å². The molecule has 0 bridgehead atoms. The number of rotatable bonds is 9. The normalized spacial score (nSPS) is 27.5. The Bertz CT molecular complexity index is 365. The number of sulfone groups is 1. The van der Waals surface area contributed by atoms with Crippen LogP contribution in [0, 0.1) is 11.8 Å². The van der Waals surface area contributed by atoms with E-state index in [1.165, 1.54) is 12.8 Å². The molecule has 112 valence electrons. The molecule has 1 aliphatic carbocycles. The Balaban J connectivity index is 1.78. The van der Waals surface area contributed by atoms with Crippen molar-refractivity contribution in [1.29, 1.82) is 0 Å². The van der Waals surface area contributed by atoms with E-state index in [9.17, 15) is 8.42 Å². The van der Waals surface area contributed by atoms with E-state index in [1.807, 2.05) is 0 Å². The summed E-state index contributed by atoms with van der Waals surface area (Å²) in [4.78, 5) is 0. The zero-order valence-electron chi connectivity index (χ0n) is 11.9. The molecular formula is C14H27NO3S. The summed E-state index contributed by atoms with van der Waals surface area (Å²) in [7, 11) is -1.02. The lowest BCUT2D eigenvalue weighted by Gasteiger charge is -2.23. The smallest absolute Gasteiger partial charge is 0.150 e. The molecular weight excluding hydrogens is 262 g/mol. The third-order valence-electron chi connectivity index (χ3n) is 4.35. The fourth-order valence-corrected chi connectivity index (χ4v) is 4.88. The lowest BCUT2D eigenvalue weighted by atomic mass is 9.87. The van der Waals surface area contributed by atoms with Crippen LogP contribution in [-0.4, -0.2) is 46.2 Å². The summed E-state index contributed by atoms with van der Waals surface area (Å²) in [6, 6.07) is 0.708. The summed E-state index contributed by atoms with van der Waals surface area (Å²) in [5.74, 6) is 1.71. The summed E-state index contributed by atoms with van der Waals surface area (Å²) in [5.41, 5.74) is 0. The molecule has 1 N–H and O–H groups in total. The minimum atomic E-state index is -2.75. The predicted molar refractivity (Wildman–Crippen MR) is 77.0 cm³/mol. The summed E-state index contributed by atoms with van der Waals surface area (Å²) >= 11 is 0. The molecule has 0 amide bonds. The van der Waals surface area contributed by atoms with E-state index in [2.05, 4.69) is 5.32 Å². The number of methoxy groups -OCH3 is 1. The molecule has 2 atom stereocenters. The Morgan fingerprint density at radius 1 is 1.26 bits per heavy atom. The first-order valence-corrected chi connectivity index (χ1v) is 9.35. The molecule has 19 heavy (non-hydrogen) atoms. The lowest BCUT2D eigenvalue weighted by Crippen LogP contribution is -2.30. The second kappa shape index (κ2) is 7.04. The molecule has 0 radical (unpaired) electrons. The summed E-state index contributed by atoms with van der Waals surface area (Å²) in [6.45, 7) is 1.81.